The van der Waals surface area contributed by atoms with Crippen LogP contribution in [0.4, 0.5) is 0 Å². The van der Waals surface area contributed by atoms with Gasteiger partial charge >= 0.3 is 11.9 Å². The first-order chi connectivity index (χ1) is 32.1. The molecule has 8 heteroatoms. The smallest absolute Gasteiger partial charge is 0.306 e. The Hall–Kier alpha value is -2.19. The van der Waals surface area contributed by atoms with E-state index in [9.17, 15) is 19.5 Å². The number of unbranched alkanes of at least 4 members (excludes halogenated alkanes) is 34. The predicted molar refractivity (Wildman–Crippen MR) is 277 cm³/mol. The van der Waals surface area contributed by atoms with E-state index in [4.69, 9.17) is 14.2 Å². The van der Waals surface area contributed by atoms with Gasteiger partial charge in [-0.2, -0.15) is 0 Å². The van der Waals surface area contributed by atoms with E-state index in [0.29, 0.717) is 12.8 Å². The predicted octanol–water partition coefficient (Wildman–Crippen LogP) is 15.4. The lowest BCUT2D eigenvalue weighted by Crippen LogP contribution is -2.55. The summed E-state index contributed by atoms with van der Waals surface area (Å²) in [5.41, 5.74) is 0. The van der Waals surface area contributed by atoms with Crippen molar-refractivity contribution in [3.05, 3.63) is 24.3 Å². The number of esters is 2. The Morgan fingerprint density at radius 1 is 0.439 bits per heavy atom. The van der Waals surface area contributed by atoms with Crippen LogP contribution >= 0.6 is 0 Å². The molecular formula is C58H109NO7. The van der Waals surface area contributed by atoms with E-state index in [0.717, 1.165) is 38.5 Å². The van der Waals surface area contributed by atoms with Crippen molar-refractivity contribution in [3.63, 3.8) is 0 Å². The van der Waals surface area contributed by atoms with Gasteiger partial charge in [-0.1, -0.05) is 218 Å². The van der Waals surface area contributed by atoms with E-state index in [2.05, 4.69) is 38.2 Å². The number of ether oxygens (including phenoxy) is 3. The normalized spacial score (nSPS) is 12.9. The summed E-state index contributed by atoms with van der Waals surface area (Å²) in [5, 5.41) is 11.7. The van der Waals surface area contributed by atoms with Gasteiger partial charge in [0.15, 0.2) is 6.10 Å². The first kappa shape index (κ1) is 63.8. The summed E-state index contributed by atoms with van der Waals surface area (Å²) in [7, 11) is 5.43. The molecule has 0 bridgehead atoms. The number of rotatable bonds is 52. The number of hydrogen-bond donors (Lipinski definition) is 0. The summed E-state index contributed by atoms with van der Waals surface area (Å²) in [6.07, 6.45) is 57.9. The second-order valence-corrected chi connectivity index (χ2v) is 20.5. The van der Waals surface area contributed by atoms with Gasteiger partial charge in [-0.15, -0.1) is 0 Å². The fourth-order valence-corrected chi connectivity index (χ4v) is 8.65. The minimum Gasteiger partial charge on any atom is -0.544 e. The Kier molecular flexibility index (Phi) is 47.6. The molecular weight excluding hydrogens is 823 g/mol. The number of carbonyl (C=O) groups excluding carboxylic acids is 3. The maximum Gasteiger partial charge on any atom is 0.306 e. The third-order valence-corrected chi connectivity index (χ3v) is 13.1. The molecule has 0 aliphatic heterocycles. The van der Waals surface area contributed by atoms with E-state index in [1.165, 1.54) is 205 Å². The highest BCUT2D eigenvalue weighted by molar-refractivity contribution is 5.70. The summed E-state index contributed by atoms with van der Waals surface area (Å²) in [6.45, 7) is 4.70. The quantitative estimate of drug-likeness (QED) is 0.0259. The van der Waals surface area contributed by atoms with E-state index in [-0.39, 0.29) is 42.7 Å². The molecule has 0 aliphatic rings. The molecule has 0 radical (unpaired) electrons. The standard InChI is InChI=1S/C58H109NO7/c1-6-8-10-12-14-16-18-20-22-24-26-27-28-29-31-33-35-37-39-41-43-45-47-49-57(61)66-54(52-64-51-50-55(58(62)63)59(3,4)5)53-65-56(60)48-46-44-42-40-38-36-34-32-30-25-23-21-19-17-15-13-11-9-7-2/h25,29-31,54-55H,6-24,26-28,32-53H2,1-5H3/b30-25+,31-29+. The van der Waals surface area contributed by atoms with E-state index in [1.807, 2.05) is 21.1 Å². The van der Waals surface area contributed by atoms with Crippen LogP contribution in [0.25, 0.3) is 0 Å². The average Bonchev–Trinajstić information content (AvgIpc) is 3.28. The molecule has 2 atom stereocenters. The van der Waals surface area contributed by atoms with Crippen molar-refractivity contribution in [2.45, 2.75) is 289 Å². The van der Waals surface area contributed by atoms with Gasteiger partial charge in [0.1, 0.15) is 12.6 Å². The van der Waals surface area contributed by atoms with Gasteiger partial charge in [-0.3, -0.25) is 9.59 Å². The highest BCUT2D eigenvalue weighted by Crippen LogP contribution is 2.16. The van der Waals surface area contributed by atoms with Gasteiger partial charge in [0.2, 0.25) is 0 Å². The molecule has 0 rings (SSSR count). The molecule has 388 valence electrons. The van der Waals surface area contributed by atoms with Crippen molar-refractivity contribution in [1.82, 2.24) is 0 Å². The highest BCUT2D eigenvalue weighted by Gasteiger charge is 2.25. The van der Waals surface area contributed by atoms with Crippen LogP contribution in [0.2, 0.25) is 0 Å². The minimum absolute atomic E-state index is 0.0412. The summed E-state index contributed by atoms with van der Waals surface area (Å²) >= 11 is 0. The van der Waals surface area contributed by atoms with Crippen LogP contribution in [0.5, 0.6) is 0 Å². The van der Waals surface area contributed by atoms with Gasteiger partial charge < -0.3 is 28.6 Å². The Bertz CT molecular complexity index is 1130. The van der Waals surface area contributed by atoms with Crippen molar-refractivity contribution in [2.75, 3.05) is 41.0 Å². The summed E-state index contributed by atoms with van der Waals surface area (Å²) in [4.78, 5) is 37.1. The van der Waals surface area contributed by atoms with Crippen molar-refractivity contribution in [1.29, 1.82) is 0 Å². The topological polar surface area (TPSA) is 102 Å². The number of allylic oxidation sites excluding steroid dienone is 4. The van der Waals surface area contributed by atoms with Crippen LogP contribution in [0.15, 0.2) is 24.3 Å². The van der Waals surface area contributed by atoms with Crippen molar-refractivity contribution in [3.8, 4) is 0 Å². The average molecular weight is 933 g/mol. The summed E-state index contributed by atoms with van der Waals surface area (Å²) in [5.74, 6) is -1.73. The van der Waals surface area contributed by atoms with Crippen molar-refractivity contribution < 1.29 is 38.2 Å². The summed E-state index contributed by atoms with van der Waals surface area (Å²) in [6, 6.07) is -0.726. The lowest BCUT2D eigenvalue weighted by molar-refractivity contribution is -0.889. The van der Waals surface area contributed by atoms with Gasteiger partial charge in [0, 0.05) is 19.3 Å². The number of likely N-dealkylation sites (N-methyl/N-ethyl adjacent to an activating group) is 1. The third-order valence-electron chi connectivity index (χ3n) is 13.1. The van der Waals surface area contributed by atoms with E-state index >= 15 is 0 Å². The van der Waals surface area contributed by atoms with Crippen molar-refractivity contribution in [2.24, 2.45) is 0 Å². The first-order valence-electron chi connectivity index (χ1n) is 28.4. The van der Waals surface area contributed by atoms with E-state index < -0.39 is 18.1 Å². The Balaban J connectivity index is 4.17. The van der Waals surface area contributed by atoms with Gasteiger partial charge in [0.25, 0.3) is 0 Å². The molecule has 0 amide bonds. The molecule has 2 unspecified atom stereocenters. The van der Waals surface area contributed by atoms with Gasteiger partial charge in [0.05, 0.1) is 40.3 Å². The van der Waals surface area contributed by atoms with Crippen LogP contribution < -0.4 is 5.11 Å². The zero-order valence-corrected chi connectivity index (χ0v) is 44.4. The second kappa shape index (κ2) is 49.2. The number of carboxylic acid groups (broad SMARTS) is 1. The molecule has 0 aromatic heterocycles. The first-order valence-corrected chi connectivity index (χ1v) is 28.4. The molecule has 0 heterocycles. The molecule has 8 nitrogen and oxygen atoms in total. The number of hydrogen-bond acceptors (Lipinski definition) is 7. The fourth-order valence-electron chi connectivity index (χ4n) is 8.65. The maximum atomic E-state index is 12.8. The molecule has 0 saturated carbocycles. The Morgan fingerprint density at radius 2 is 0.758 bits per heavy atom. The number of quaternary nitrogens is 1. The maximum absolute atomic E-state index is 12.8. The molecule has 66 heavy (non-hydrogen) atoms. The fraction of sp³-hybridized carbons (Fsp3) is 0.879. The molecule has 0 N–H and O–H groups in total. The Morgan fingerprint density at radius 3 is 1.09 bits per heavy atom. The lowest BCUT2D eigenvalue weighted by atomic mass is 10.0. The van der Waals surface area contributed by atoms with Crippen LogP contribution in [-0.4, -0.2) is 75.5 Å². The molecule has 0 saturated heterocycles. The molecule has 0 spiro atoms. The molecule has 0 aromatic rings. The lowest BCUT2D eigenvalue weighted by Gasteiger charge is -2.34. The molecule has 0 aliphatic carbocycles. The van der Waals surface area contributed by atoms with E-state index in [1.54, 1.807) is 0 Å². The van der Waals surface area contributed by atoms with Crippen LogP contribution in [-0.2, 0) is 28.6 Å². The minimum atomic E-state index is -1.12. The third kappa shape index (κ3) is 46.9. The van der Waals surface area contributed by atoms with Crippen LogP contribution in [0, 0.1) is 0 Å². The number of aliphatic carboxylic acids is 1. The van der Waals surface area contributed by atoms with Gasteiger partial charge in [-0.25, -0.2) is 0 Å². The summed E-state index contributed by atoms with van der Waals surface area (Å²) < 4.78 is 17.3. The number of nitrogens with zero attached hydrogens (tertiary/aromatic N) is 1. The Labute approximate surface area is 409 Å². The number of carboxylic acids is 1. The molecule has 0 fully saturated rings. The van der Waals surface area contributed by atoms with Crippen LogP contribution in [0.1, 0.15) is 277 Å². The van der Waals surface area contributed by atoms with Crippen molar-refractivity contribution >= 4 is 17.9 Å². The molecule has 0 aromatic carbocycles. The SMILES string of the molecule is CCCCCCCCCC/C=C/CCCCCCCCCC(=O)OCC(COCCC(C(=O)[O-])[N+](C)(C)C)OC(=O)CCCCCCCCC/C=C/CCCCCCCCCCCCCC. The van der Waals surface area contributed by atoms with Crippen LogP contribution in [0.3, 0.4) is 0 Å². The monoisotopic (exact) mass is 932 g/mol. The largest absolute Gasteiger partial charge is 0.544 e. The zero-order chi connectivity index (χ0) is 48.4. The van der Waals surface area contributed by atoms with Gasteiger partial charge in [-0.05, 0) is 64.2 Å². The highest BCUT2D eigenvalue weighted by atomic mass is 16.6. The zero-order valence-electron chi connectivity index (χ0n) is 44.4. The second-order valence-electron chi connectivity index (χ2n) is 20.5. The number of carbonyl (C=O) groups is 3.